The van der Waals surface area contributed by atoms with Gasteiger partial charge in [-0.15, -0.1) is 0 Å². The van der Waals surface area contributed by atoms with Crippen molar-refractivity contribution < 1.29 is 0 Å². The zero-order valence-corrected chi connectivity index (χ0v) is 11.1. The second-order valence-corrected chi connectivity index (χ2v) is 4.77. The van der Waals surface area contributed by atoms with Crippen LogP contribution < -0.4 is 5.32 Å². The molecule has 0 aromatic carbocycles. The van der Waals surface area contributed by atoms with Crippen molar-refractivity contribution in [3.05, 3.63) is 17.5 Å². The summed E-state index contributed by atoms with van der Waals surface area (Å²) in [6, 6.07) is 0.440. The highest BCUT2D eigenvalue weighted by molar-refractivity contribution is 5.16. The first-order chi connectivity index (χ1) is 7.52. The van der Waals surface area contributed by atoms with Gasteiger partial charge in [0.2, 0.25) is 0 Å². The Kier molecular flexibility index (Phi) is 4.96. The van der Waals surface area contributed by atoms with Crippen LogP contribution in [-0.4, -0.2) is 41.9 Å². The number of nitrogens with one attached hydrogen (secondary N) is 1. The van der Waals surface area contributed by atoms with Crippen LogP contribution in [0.15, 0.2) is 6.20 Å². The quantitative estimate of drug-likeness (QED) is 0.742. The fourth-order valence-corrected chi connectivity index (χ4v) is 1.68. The van der Waals surface area contributed by atoms with Crippen molar-refractivity contribution >= 4 is 0 Å². The van der Waals surface area contributed by atoms with E-state index < -0.39 is 0 Å². The molecular weight excluding hydrogens is 200 g/mol. The molecule has 0 radical (unpaired) electrons. The van der Waals surface area contributed by atoms with E-state index in [4.69, 9.17) is 0 Å². The Morgan fingerprint density at radius 1 is 1.44 bits per heavy atom. The molecular formula is C12H24N4. The Bertz CT molecular complexity index is 315. The molecule has 4 nitrogen and oxygen atoms in total. The van der Waals surface area contributed by atoms with Gasteiger partial charge in [0.1, 0.15) is 0 Å². The van der Waals surface area contributed by atoms with Crippen molar-refractivity contribution in [3.63, 3.8) is 0 Å². The molecule has 0 aliphatic rings. The maximum absolute atomic E-state index is 4.40. The molecule has 1 aromatic heterocycles. The Labute approximate surface area is 98.6 Å². The summed E-state index contributed by atoms with van der Waals surface area (Å²) < 4.78 is 2.07. The lowest BCUT2D eigenvalue weighted by Crippen LogP contribution is -2.26. The summed E-state index contributed by atoms with van der Waals surface area (Å²) in [4.78, 5) is 2.18. The standard InChI is InChI=1S/C12H24N4/c1-10(2)16-11(3)12(9-14-16)8-13-6-7-15(4)5/h9-10,13H,6-8H2,1-5H3. The number of likely N-dealkylation sites (N-methyl/N-ethyl adjacent to an activating group) is 1. The van der Waals surface area contributed by atoms with Crippen molar-refractivity contribution in [3.8, 4) is 0 Å². The van der Waals surface area contributed by atoms with Crippen LogP contribution in [-0.2, 0) is 6.54 Å². The number of rotatable bonds is 6. The largest absolute Gasteiger partial charge is 0.311 e. The molecule has 0 aliphatic carbocycles. The first kappa shape index (κ1) is 13.2. The molecule has 0 aliphatic heterocycles. The first-order valence-corrected chi connectivity index (χ1v) is 5.90. The van der Waals surface area contributed by atoms with Crippen molar-refractivity contribution in [2.45, 2.75) is 33.4 Å². The van der Waals surface area contributed by atoms with E-state index in [2.05, 4.69) is 54.9 Å². The van der Waals surface area contributed by atoms with Gasteiger partial charge >= 0.3 is 0 Å². The fraction of sp³-hybridized carbons (Fsp3) is 0.750. The third kappa shape index (κ3) is 3.61. The molecule has 92 valence electrons. The van der Waals surface area contributed by atoms with Crippen molar-refractivity contribution in [2.75, 3.05) is 27.2 Å². The summed E-state index contributed by atoms with van der Waals surface area (Å²) in [5.41, 5.74) is 2.57. The van der Waals surface area contributed by atoms with Crippen LogP contribution in [0.5, 0.6) is 0 Å². The maximum atomic E-state index is 4.40. The molecule has 0 bridgehead atoms. The van der Waals surface area contributed by atoms with Crippen molar-refractivity contribution in [2.24, 2.45) is 0 Å². The normalized spacial score (nSPS) is 11.7. The highest BCUT2D eigenvalue weighted by Gasteiger charge is 2.07. The van der Waals surface area contributed by atoms with Gasteiger partial charge in [-0.25, -0.2) is 0 Å². The number of hydrogen-bond donors (Lipinski definition) is 1. The molecule has 0 unspecified atom stereocenters. The van der Waals surface area contributed by atoms with Gasteiger partial charge in [-0.05, 0) is 34.9 Å². The van der Waals surface area contributed by atoms with Crippen LogP contribution in [0.1, 0.15) is 31.1 Å². The summed E-state index contributed by atoms with van der Waals surface area (Å²) in [5.74, 6) is 0. The van der Waals surface area contributed by atoms with Crippen molar-refractivity contribution in [1.29, 1.82) is 0 Å². The second kappa shape index (κ2) is 6.01. The average Bonchev–Trinajstić information content (AvgIpc) is 2.54. The molecule has 1 N–H and O–H groups in total. The fourth-order valence-electron chi connectivity index (χ4n) is 1.68. The molecule has 4 heteroatoms. The number of hydrogen-bond acceptors (Lipinski definition) is 3. The summed E-state index contributed by atoms with van der Waals surface area (Å²) in [6.07, 6.45) is 1.97. The monoisotopic (exact) mass is 224 g/mol. The van der Waals surface area contributed by atoms with E-state index in [1.807, 2.05) is 6.20 Å². The predicted molar refractivity (Wildman–Crippen MR) is 67.6 cm³/mol. The topological polar surface area (TPSA) is 33.1 Å². The van der Waals surface area contributed by atoms with Crippen LogP contribution in [0.25, 0.3) is 0 Å². The van der Waals surface area contributed by atoms with Crippen LogP contribution in [0.4, 0.5) is 0 Å². The summed E-state index contributed by atoms with van der Waals surface area (Å²) in [6.45, 7) is 9.44. The Morgan fingerprint density at radius 3 is 2.62 bits per heavy atom. The minimum absolute atomic E-state index is 0.440. The Morgan fingerprint density at radius 2 is 2.12 bits per heavy atom. The van der Waals surface area contributed by atoms with E-state index >= 15 is 0 Å². The minimum Gasteiger partial charge on any atom is -0.311 e. The highest BCUT2D eigenvalue weighted by atomic mass is 15.3. The Hall–Kier alpha value is -0.870. The molecule has 1 rings (SSSR count). The lowest BCUT2D eigenvalue weighted by atomic mass is 10.2. The molecule has 0 saturated carbocycles. The molecule has 0 atom stereocenters. The van der Waals surface area contributed by atoms with Gasteiger partial charge in [0.05, 0.1) is 6.20 Å². The van der Waals surface area contributed by atoms with Gasteiger partial charge in [0.15, 0.2) is 0 Å². The molecule has 0 fully saturated rings. The van der Waals surface area contributed by atoms with Gasteiger partial charge in [0, 0.05) is 36.9 Å². The zero-order chi connectivity index (χ0) is 12.1. The third-order valence-electron chi connectivity index (χ3n) is 2.69. The SMILES string of the molecule is Cc1c(CNCCN(C)C)cnn1C(C)C. The summed E-state index contributed by atoms with van der Waals surface area (Å²) in [7, 11) is 4.17. The van der Waals surface area contributed by atoms with E-state index in [1.165, 1.54) is 11.3 Å². The van der Waals surface area contributed by atoms with Crippen LogP contribution in [0.2, 0.25) is 0 Å². The van der Waals surface area contributed by atoms with E-state index in [0.29, 0.717) is 6.04 Å². The predicted octanol–water partition coefficient (Wildman–Crippen LogP) is 1.42. The number of nitrogens with zero attached hydrogens (tertiary/aromatic N) is 3. The van der Waals surface area contributed by atoms with E-state index in [0.717, 1.165) is 19.6 Å². The van der Waals surface area contributed by atoms with Gasteiger partial charge in [0.25, 0.3) is 0 Å². The lowest BCUT2D eigenvalue weighted by molar-refractivity contribution is 0.399. The first-order valence-electron chi connectivity index (χ1n) is 5.90. The number of aromatic nitrogens is 2. The van der Waals surface area contributed by atoms with E-state index in [9.17, 15) is 0 Å². The zero-order valence-electron chi connectivity index (χ0n) is 11.1. The maximum Gasteiger partial charge on any atom is 0.0537 e. The van der Waals surface area contributed by atoms with Gasteiger partial charge in [-0.1, -0.05) is 0 Å². The lowest BCUT2D eigenvalue weighted by Gasteiger charge is -2.11. The Balaban J connectivity index is 2.43. The molecule has 0 amide bonds. The third-order valence-corrected chi connectivity index (χ3v) is 2.69. The van der Waals surface area contributed by atoms with E-state index in [-0.39, 0.29) is 0 Å². The van der Waals surface area contributed by atoms with Crippen LogP contribution in [0.3, 0.4) is 0 Å². The molecule has 0 saturated heterocycles. The second-order valence-electron chi connectivity index (χ2n) is 4.77. The van der Waals surface area contributed by atoms with Crippen LogP contribution in [0, 0.1) is 6.92 Å². The molecule has 0 spiro atoms. The van der Waals surface area contributed by atoms with Gasteiger partial charge in [-0.3, -0.25) is 4.68 Å². The van der Waals surface area contributed by atoms with E-state index in [1.54, 1.807) is 0 Å². The molecule has 1 heterocycles. The van der Waals surface area contributed by atoms with Crippen molar-refractivity contribution in [1.82, 2.24) is 20.0 Å². The van der Waals surface area contributed by atoms with Gasteiger partial charge in [-0.2, -0.15) is 5.10 Å². The summed E-state index contributed by atoms with van der Waals surface area (Å²) >= 11 is 0. The highest BCUT2D eigenvalue weighted by Crippen LogP contribution is 2.12. The summed E-state index contributed by atoms with van der Waals surface area (Å²) in [5, 5.41) is 7.83. The molecule has 16 heavy (non-hydrogen) atoms. The minimum atomic E-state index is 0.440. The van der Waals surface area contributed by atoms with Crippen LogP contribution >= 0.6 is 0 Å². The van der Waals surface area contributed by atoms with Gasteiger partial charge < -0.3 is 10.2 Å². The molecule has 1 aromatic rings. The average molecular weight is 224 g/mol. The smallest absolute Gasteiger partial charge is 0.0537 e.